The van der Waals surface area contributed by atoms with Crippen LogP contribution in [0.3, 0.4) is 0 Å². The molecule has 0 atom stereocenters. The summed E-state index contributed by atoms with van der Waals surface area (Å²) >= 11 is 7.35. The van der Waals surface area contributed by atoms with Crippen LogP contribution in [-0.2, 0) is 11.2 Å². The van der Waals surface area contributed by atoms with Gasteiger partial charge < -0.3 is 5.32 Å². The quantitative estimate of drug-likeness (QED) is 0.927. The molecule has 4 nitrogen and oxygen atoms in total. The van der Waals surface area contributed by atoms with E-state index in [2.05, 4.69) is 15.3 Å². The number of thiophene rings is 1. The fourth-order valence-electron chi connectivity index (χ4n) is 1.29. The lowest BCUT2D eigenvalue weighted by molar-refractivity contribution is -0.116. The number of hydrogen-bond acceptors (Lipinski definition) is 4. The van der Waals surface area contributed by atoms with E-state index >= 15 is 0 Å². The largest absolute Gasteiger partial charge is 0.309 e. The number of hydrogen-bond donors (Lipinski definition) is 1. The Labute approximate surface area is 108 Å². The first kappa shape index (κ1) is 12.0. The Morgan fingerprint density at radius 1 is 1.47 bits per heavy atom. The van der Waals surface area contributed by atoms with Crippen molar-refractivity contribution in [3.63, 3.8) is 0 Å². The molecule has 0 saturated heterocycles. The summed E-state index contributed by atoms with van der Waals surface area (Å²) < 4.78 is 0. The van der Waals surface area contributed by atoms with Gasteiger partial charge in [-0.3, -0.25) is 9.78 Å². The van der Waals surface area contributed by atoms with E-state index in [0.29, 0.717) is 18.7 Å². The number of anilines is 1. The van der Waals surface area contributed by atoms with Crippen LogP contribution >= 0.6 is 22.9 Å². The third kappa shape index (κ3) is 3.80. The maximum absolute atomic E-state index is 11.6. The molecule has 0 unspecified atom stereocenters. The summed E-state index contributed by atoms with van der Waals surface area (Å²) in [5.74, 6) is 0.400. The fraction of sp³-hybridized carbons (Fsp3) is 0.182. The summed E-state index contributed by atoms with van der Waals surface area (Å²) in [6.07, 6.45) is 5.70. The maximum atomic E-state index is 11.6. The zero-order valence-corrected chi connectivity index (χ0v) is 10.5. The van der Waals surface area contributed by atoms with Crippen LogP contribution in [0.4, 0.5) is 5.82 Å². The van der Waals surface area contributed by atoms with Gasteiger partial charge in [-0.15, -0.1) is 11.3 Å². The highest BCUT2D eigenvalue weighted by Crippen LogP contribution is 2.20. The molecular formula is C11H10ClN3OS. The molecule has 6 heteroatoms. The number of nitrogens with zero attached hydrogens (tertiary/aromatic N) is 2. The van der Waals surface area contributed by atoms with E-state index in [4.69, 9.17) is 11.6 Å². The molecule has 0 aliphatic heterocycles. The maximum Gasteiger partial charge on any atom is 0.225 e. The number of carbonyl (C=O) groups excluding carboxylic acids is 1. The average Bonchev–Trinajstić information content (AvgIpc) is 2.74. The van der Waals surface area contributed by atoms with Crippen molar-refractivity contribution in [2.24, 2.45) is 0 Å². The lowest BCUT2D eigenvalue weighted by Gasteiger charge is -2.02. The zero-order valence-electron chi connectivity index (χ0n) is 8.89. The van der Waals surface area contributed by atoms with Crippen molar-refractivity contribution in [1.29, 1.82) is 0 Å². The summed E-state index contributed by atoms with van der Waals surface area (Å²) in [6, 6.07) is 1.88. The number of amides is 1. The van der Waals surface area contributed by atoms with E-state index in [1.54, 1.807) is 17.5 Å². The third-order valence-corrected chi connectivity index (χ3v) is 3.40. The summed E-state index contributed by atoms with van der Waals surface area (Å²) in [4.78, 5) is 20.5. The van der Waals surface area contributed by atoms with Gasteiger partial charge in [-0.2, -0.15) is 0 Å². The van der Waals surface area contributed by atoms with Crippen molar-refractivity contribution >= 4 is 34.7 Å². The predicted octanol–water partition coefficient (Wildman–Crippen LogP) is 2.76. The molecule has 17 heavy (non-hydrogen) atoms. The average molecular weight is 268 g/mol. The Morgan fingerprint density at radius 2 is 2.35 bits per heavy atom. The van der Waals surface area contributed by atoms with Crippen LogP contribution < -0.4 is 5.32 Å². The van der Waals surface area contributed by atoms with E-state index in [0.717, 1.165) is 9.90 Å². The topological polar surface area (TPSA) is 54.9 Å². The molecule has 0 aromatic carbocycles. The first-order chi connectivity index (χ1) is 8.24. The van der Waals surface area contributed by atoms with E-state index in [-0.39, 0.29) is 5.91 Å². The van der Waals surface area contributed by atoms with Crippen molar-refractivity contribution in [2.45, 2.75) is 12.8 Å². The van der Waals surface area contributed by atoms with Crippen LogP contribution in [0.5, 0.6) is 0 Å². The lowest BCUT2D eigenvalue weighted by atomic mass is 10.2. The molecule has 0 spiro atoms. The minimum absolute atomic E-state index is 0.0741. The normalized spacial score (nSPS) is 10.2. The zero-order chi connectivity index (χ0) is 12.1. The Hall–Kier alpha value is -1.46. The third-order valence-electron chi connectivity index (χ3n) is 2.05. The van der Waals surface area contributed by atoms with Gasteiger partial charge in [0, 0.05) is 29.1 Å². The van der Waals surface area contributed by atoms with Gasteiger partial charge in [-0.1, -0.05) is 11.6 Å². The first-order valence-corrected chi connectivity index (χ1v) is 6.28. The summed E-state index contributed by atoms with van der Waals surface area (Å²) in [5.41, 5.74) is 0. The van der Waals surface area contributed by atoms with Gasteiger partial charge in [0.1, 0.15) is 0 Å². The highest BCUT2D eigenvalue weighted by molar-refractivity contribution is 7.10. The summed E-state index contributed by atoms with van der Waals surface area (Å²) in [7, 11) is 0. The van der Waals surface area contributed by atoms with Crippen LogP contribution in [0.1, 0.15) is 11.3 Å². The number of halogens is 1. The van der Waals surface area contributed by atoms with Crippen molar-refractivity contribution in [3.8, 4) is 0 Å². The van der Waals surface area contributed by atoms with Crippen LogP contribution in [0, 0.1) is 0 Å². The number of carbonyl (C=O) groups is 1. The van der Waals surface area contributed by atoms with Gasteiger partial charge in [-0.25, -0.2) is 4.98 Å². The minimum Gasteiger partial charge on any atom is -0.309 e. The van der Waals surface area contributed by atoms with Gasteiger partial charge in [-0.05, 0) is 12.5 Å². The Morgan fingerprint density at radius 3 is 3.00 bits per heavy atom. The SMILES string of the molecule is O=C(CCc1cc(Cl)cs1)Nc1cnccn1. The molecule has 0 radical (unpaired) electrons. The molecule has 0 bridgehead atoms. The van der Waals surface area contributed by atoms with Crippen LogP contribution in [0.15, 0.2) is 30.0 Å². The van der Waals surface area contributed by atoms with Gasteiger partial charge >= 0.3 is 0 Å². The highest BCUT2D eigenvalue weighted by Gasteiger charge is 2.05. The first-order valence-electron chi connectivity index (χ1n) is 5.03. The Kier molecular flexibility index (Phi) is 4.06. The molecule has 1 amide bonds. The Balaban J connectivity index is 1.82. The molecular weight excluding hydrogens is 258 g/mol. The molecule has 0 aliphatic carbocycles. The van der Waals surface area contributed by atoms with Crippen LogP contribution in [0.2, 0.25) is 5.02 Å². The standard InChI is InChI=1S/C11H10ClN3OS/c12-8-5-9(17-7-8)1-2-11(16)15-10-6-13-3-4-14-10/h3-7H,1-2H2,(H,14,15,16). The smallest absolute Gasteiger partial charge is 0.225 e. The van der Waals surface area contributed by atoms with Crippen molar-refractivity contribution in [2.75, 3.05) is 5.32 Å². The van der Waals surface area contributed by atoms with Gasteiger partial charge in [0.2, 0.25) is 5.91 Å². The Bertz CT molecular complexity index is 500. The van der Waals surface area contributed by atoms with Crippen LogP contribution in [-0.4, -0.2) is 15.9 Å². The molecule has 0 saturated carbocycles. The van der Waals surface area contributed by atoms with Gasteiger partial charge in [0.25, 0.3) is 0 Å². The van der Waals surface area contributed by atoms with Crippen LogP contribution in [0.25, 0.3) is 0 Å². The second kappa shape index (κ2) is 5.75. The monoisotopic (exact) mass is 267 g/mol. The number of aryl methyl sites for hydroxylation is 1. The molecule has 2 heterocycles. The second-order valence-corrected chi connectivity index (χ2v) is 4.80. The van der Waals surface area contributed by atoms with Crippen molar-refractivity contribution in [3.05, 3.63) is 39.9 Å². The van der Waals surface area contributed by atoms with Gasteiger partial charge in [0.15, 0.2) is 5.82 Å². The van der Waals surface area contributed by atoms with Crippen molar-refractivity contribution in [1.82, 2.24) is 9.97 Å². The minimum atomic E-state index is -0.0741. The van der Waals surface area contributed by atoms with E-state index in [1.165, 1.54) is 12.4 Å². The van der Waals surface area contributed by atoms with Crippen molar-refractivity contribution < 1.29 is 4.79 Å². The molecule has 88 valence electrons. The summed E-state index contributed by atoms with van der Waals surface area (Å²) in [5, 5.41) is 5.26. The molecule has 0 aliphatic rings. The molecule has 0 fully saturated rings. The summed E-state index contributed by atoms with van der Waals surface area (Å²) in [6.45, 7) is 0. The number of aromatic nitrogens is 2. The van der Waals surface area contributed by atoms with E-state index in [9.17, 15) is 4.79 Å². The fourth-order valence-corrected chi connectivity index (χ4v) is 2.37. The molecule has 2 aromatic heterocycles. The second-order valence-electron chi connectivity index (χ2n) is 3.37. The van der Waals surface area contributed by atoms with E-state index < -0.39 is 0 Å². The van der Waals surface area contributed by atoms with Gasteiger partial charge in [0.05, 0.1) is 11.2 Å². The lowest BCUT2D eigenvalue weighted by Crippen LogP contribution is -2.13. The van der Waals surface area contributed by atoms with E-state index in [1.807, 2.05) is 11.4 Å². The number of nitrogens with one attached hydrogen (secondary N) is 1. The molecule has 2 aromatic rings. The predicted molar refractivity (Wildman–Crippen MR) is 68.3 cm³/mol. The molecule has 2 rings (SSSR count). The molecule has 1 N–H and O–H groups in total. The highest BCUT2D eigenvalue weighted by atomic mass is 35.5. The number of rotatable bonds is 4.